The lowest BCUT2D eigenvalue weighted by Gasteiger charge is -2.21. The van der Waals surface area contributed by atoms with E-state index >= 15 is 0 Å². The summed E-state index contributed by atoms with van der Waals surface area (Å²) < 4.78 is 40.4. The van der Waals surface area contributed by atoms with E-state index in [4.69, 9.17) is 5.73 Å². The second-order valence-electron chi connectivity index (χ2n) is 7.77. The molecule has 3 N–H and O–H groups in total. The number of fused-ring (bicyclic) bond motifs is 1. The fraction of sp³-hybridized carbons (Fsp3) is 0.333. The second kappa shape index (κ2) is 8.03. The van der Waals surface area contributed by atoms with Gasteiger partial charge in [0, 0.05) is 24.8 Å². The van der Waals surface area contributed by atoms with Crippen LogP contribution in [0.4, 0.5) is 4.39 Å². The predicted molar refractivity (Wildman–Crippen MR) is 113 cm³/mol. The van der Waals surface area contributed by atoms with Crippen LogP contribution in [0.2, 0.25) is 0 Å². The number of aliphatic hydroxyl groups is 1. The van der Waals surface area contributed by atoms with Crippen LogP contribution in [0.3, 0.4) is 0 Å². The lowest BCUT2D eigenvalue weighted by Crippen LogP contribution is -2.32. The number of halogens is 1. The average Bonchev–Trinajstić information content (AvgIpc) is 3.47. The van der Waals surface area contributed by atoms with Crippen LogP contribution >= 0.6 is 0 Å². The zero-order chi connectivity index (χ0) is 22.3. The van der Waals surface area contributed by atoms with Crippen LogP contribution in [0.15, 0.2) is 36.5 Å². The first-order valence-electron chi connectivity index (χ1n) is 9.86. The number of primary amides is 1. The van der Waals surface area contributed by atoms with Gasteiger partial charge in [0.2, 0.25) is 10.0 Å². The number of amides is 1. The van der Waals surface area contributed by atoms with E-state index in [1.807, 2.05) is 6.07 Å². The van der Waals surface area contributed by atoms with Crippen molar-refractivity contribution in [3.8, 4) is 11.3 Å². The van der Waals surface area contributed by atoms with E-state index in [0.717, 1.165) is 30.2 Å². The Kier molecular flexibility index (Phi) is 5.54. The molecule has 0 atom stereocenters. The number of nitrogens with zero attached hydrogens (tertiary/aromatic N) is 3. The zero-order valence-electron chi connectivity index (χ0n) is 17.0. The van der Waals surface area contributed by atoms with E-state index in [1.165, 1.54) is 33.1 Å². The number of carbonyl (C=O) groups excluding carboxylic acids is 1. The van der Waals surface area contributed by atoms with Gasteiger partial charge in [0.05, 0.1) is 23.9 Å². The number of benzene rings is 1. The van der Waals surface area contributed by atoms with Gasteiger partial charge in [-0.15, -0.1) is 0 Å². The van der Waals surface area contributed by atoms with Crippen LogP contribution in [-0.4, -0.2) is 52.8 Å². The van der Waals surface area contributed by atoms with Gasteiger partial charge in [-0.1, -0.05) is 0 Å². The maximum atomic E-state index is 13.4. The van der Waals surface area contributed by atoms with Crippen LogP contribution in [0.1, 0.15) is 40.2 Å². The fourth-order valence-corrected chi connectivity index (χ4v) is 4.56. The highest BCUT2D eigenvalue weighted by Crippen LogP contribution is 2.43. The predicted octanol–water partition coefficient (Wildman–Crippen LogP) is 1.87. The molecule has 8 nitrogen and oxygen atoms in total. The highest BCUT2D eigenvalue weighted by atomic mass is 32.2. The normalized spacial score (nSPS) is 14.5. The minimum absolute atomic E-state index is 0.0204. The van der Waals surface area contributed by atoms with Crippen molar-refractivity contribution in [1.82, 2.24) is 13.9 Å². The van der Waals surface area contributed by atoms with Gasteiger partial charge in [0.15, 0.2) is 0 Å². The SMILES string of the molecule is CS(=O)(=O)N(CCO)Cc1cn2nc(-c3ccc(F)cc3)c(C(N)=O)c2cc1C1CC1. The Labute approximate surface area is 179 Å². The van der Waals surface area contributed by atoms with Gasteiger partial charge < -0.3 is 10.8 Å². The molecule has 4 rings (SSSR count). The largest absolute Gasteiger partial charge is 0.395 e. The summed E-state index contributed by atoms with van der Waals surface area (Å²) in [6, 6.07) is 7.46. The number of aliphatic hydroxyl groups excluding tert-OH is 1. The Bertz CT molecular complexity index is 1250. The maximum Gasteiger partial charge on any atom is 0.253 e. The average molecular weight is 447 g/mol. The third-order valence-electron chi connectivity index (χ3n) is 5.43. The van der Waals surface area contributed by atoms with Crippen molar-refractivity contribution >= 4 is 21.4 Å². The van der Waals surface area contributed by atoms with Gasteiger partial charge in [0.1, 0.15) is 11.5 Å². The monoisotopic (exact) mass is 446 g/mol. The molecule has 2 heterocycles. The van der Waals surface area contributed by atoms with Crippen molar-refractivity contribution in [1.29, 1.82) is 0 Å². The molecule has 0 bridgehead atoms. The molecule has 164 valence electrons. The molecular formula is C21H23FN4O4S. The Morgan fingerprint density at radius 1 is 1.32 bits per heavy atom. The molecule has 31 heavy (non-hydrogen) atoms. The van der Waals surface area contributed by atoms with Crippen molar-refractivity contribution < 1.29 is 22.7 Å². The first kappa shape index (κ1) is 21.4. The highest BCUT2D eigenvalue weighted by Gasteiger charge is 2.30. The minimum Gasteiger partial charge on any atom is -0.395 e. The van der Waals surface area contributed by atoms with Crippen LogP contribution in [0.25, 0.3) is 16.8 Å². The number of hydrogen-bond acceptors (Lipinski definition) is 5. The van der Waals surface area contributed by atoms with Gasteiger partial charge >= 0.3 is 0 Å². The molecule has 2 aromatic heterocycles. The van der Waals surface area contributed by atoms with E-state index < -0.39 is 21.7 Å². The molecule has 1 aromatic carbocycles. The van der Waals surface area contributed by atoms with E-state index in [1.54, 1.807) is 6.20 Å². The minimum atomic E-state index is -3.53. The number of rotatable bonds is 8. The van der Waals surface area contributed by atoms with Gasteiger partial charge in [0.25, 0.3) is 5.91 Å². The Balaban J connectivity index is 1.88. The molecule has 0 saturated heterocycles. The molecule has 0 aliphatic heterocycles. The maximum absolute atomic E-state index is 13.4. The van der Waals surface area contributed by atoms with Crippen molar-refractivity contribution in [2.75, 3.05) is 19.4 Å². The summed E-state index contributed by atoms with van der Waals surface area (Å²) >= 11 is 0. The summed E-state index contributed by atoms with van der Waals surface area (Å²) in [6.07, 6.45) is 4.74. The van der Waals surface area contributed by atoms with Crippen molar-refractivity contribution in [3.05, 3.63) is 59.0 Å². The summed E-state index contributed by atoms with van der Waals surface area (Å²) in [4.78, 5) is 12.3. The molecular weight excluding hydrogens is 423 g/mol. The summed E-state index contributed by atoms with van der Waals surface area (Å²) in [5.41, 5.74) is 8.99. The molecule has 0 radical (unpaired) electrons. The smallest absolute Gasteiger partial charge is 0.253 e. The van der Waals surface area contributed by atoms with E-state index in [0.29, 0.717) is 16.8 Å². The number of nitrogens with two attached hydrogens (primary N) is 1. The summed E-state index contributed by atoms with van der Waals surface area (Å²) in [7, 11) is -3.53. The van der Waals surface area contributed by atoms with E-state index in [2.05, 4.69) is 5.10 Å². The highest BCUT2D eigenvalue weighted by molar-refractivity contribution is 7.88. The molecule has 3 aromatic rings. The van der Waals surface area contributed by atoms with Crippen molar-refractivity contribution in [3.63, 3.8) is 0 Å². The van der Waals surface area contributed by atoms with Crippen LogP contribution in [0, 0.1) is 5.82 Å². The number of aromatic nitrogens is 2. The molecule has 1 amide bonds. The molecule has 10 heteroatoms. The fourth-order valence-electron chi connectivity index (χ4n) is 3.77. The number of pyridine rings is 1. The summed E-state index contributed by atoms with van der Waals surface area (Å²) in [5, 5.41) is 13.8. The molecule has 1 saturated carbocycles. The summed E-state index contributed by atoms with van der Waals surface area (Å²) in [6.45, 7) is -0.233. The third kappa shape index (κ3) is 4.32. The van der Waals surface area contributed by atoms with Gasteiger partial charge in [-0.3, -0.25) is 4.79 Å². The van der Waals surface area contributed by atoms with Crippen molar-refractivity contribution in [2.24, 2.45) is 5.73 Å². The van der Waals surface area contributed by atoms with Crippen LogP contribution in [0.5, 0.6) is 0 Å². The van der Waals surface area contributed by atoms with Crippen molar-refractivity contribution in [2.45, 2.75) is 25.3 Å². The van der Waals surface area contributed by atoms with Gasteiger partial charge in [-0.05, 0) is 60.2 Å². The van der Waals surface area contributed by atoms with E-state index in [9.17, 15) is 22.7 Å². The quantitative estimate of drug-likeness (QED) is 0.548. The molecule has 1 aliphatic carbocycles. The molecule has 1 fully saturated rings. The van der Waals surface area contributed by atoms with E-state index in [-0.39, 0.29) is 31.2 Å². The second-order valence-corrected chi connectivity index (χ2v) is 9.76. The number of hydrogen-bond donors (Lipinski definition) is 2. The zero-order valence-corrected chi connectivity index (χ0v) is 17.8. The lowest BCUT2D eigenvalue weighted by atomic mass is 10.0. The molecule has 1 aliphatic rings. The first-order valence-corrected chi connectivity index (χ1v) is 11.7. The third-order valence-corrected chi connectivity index (χ3v) is 6.68. The molecule has 0 unspecified atom stereocenters. The standard InChI is InChI=1S/C21H23FN4O4S/c1-31(29,30)25(8-9-27)11-15-12-26-18(10-17(15)13-2-3-13)19(21(23)28)20(24-26)14-4-6-16(22)7-5-14/h4-7,10,12-13,27H,2-3,8-9,11H2,1H3,(H2,23,28). The van der Waals surface area contributed by atoms with Gasteiger partial charge in [-0.2, -0.15) is 9.40 Å². The van der Waals surface area contributed by atoms with Crippen LogP contribution < -0.4 is 5.73 Å². The summed E-state index contributed by atoms with van der Waals surface area (Å²) in [5.74, 6) is -0.793. The first-order chi connectivity index (χ1) is 14.7. The topological polar surface area (TPSA) is 118 Å². The Hall–Kier alpha value is -2.82. The Morgan fingerprint density at radius 2 is 2.00 bits per heavy atom. The number of sulfonamides is 1. The molecule has 0 spiro atoms. The van der Waals surface area contributed by atoms with Gasteiger partial charge in [-0.25, -0.2) is 17.3 Å². The van der Waals surface area contributed by atoms with Crippen LogP contribution in [-0.2, 0) is 16.6 Å². The Morgan fingerprint density at radius 3 is 2.55 bits per heavy atom. The number of carbonyl (C=O) groups is 1. The lowest BCUT2D eigenvalue weighted by molar-refractivity contribution is 0.100.